The number of hydrogen-bond donors (Lipinski definition) is 1. The smallest absolute Gasteiger partial charge is 0.217 e. The molecule has 0 unspecified atom stereocenters. The Morgan fingerprint density at radius 2 is 1.54 bits per heavy atom. The van der Waals surface area contributed by atoms with Crippen LogP contribution in [0.4, 0.5) is 4.39 Å². The van der Waals surface area contributed by atoms with Crippen LogP contribution in [0.2, 0.25) is 0 Å². The van der Waals surface area contributed by atoms with Gasteiger partial charge in [0.15, 0.2) is 0 Å². The predicted molar refractivity (Wildman–Crippen MR) is 155 cm³/mol. The zero-order valence-corrected chi connectivity index (χ0v) is 22.5. The molecule has 0 saturated carbocycles. The van der Waals surface area contributed by atoms with E-state index in [9.17, 15) is 9.50 Å². The summed E-state index contributed by atoms with van der Waals surface area (Å²) in [6.07, 6.45) is 0.464. The number of pyridine rings is 1. The van der Waals surface area contributed by atoms with Crippen molar-refractivity contribution in [3.63, 3.8) is 0 Å². The molecule has 0 amide bonds. The second-order valence-corrected chi connectivity index (χ2v) is 10.1. The Morgan fingerprint density at radius 1 is 0.846 bits per heavy atom. The van der Waals surface area contributed by atoms with Gasteiger partial charge in [-0.05, 0) is 60.6 Å². The van der Waals surface area contributed by atoms with Crippen molar-refractivity contribution in [1.82, 2.24) is 9.88 Å². The monoisotopic (exact) mass is 520 g/mol. The highest BCUT2D eigenvalue weighted by Crippen LogP contribution is 2.48. The van der Waals surface area contributed by atoms with Crippen LogP contribution in [0.3, 0.4) is 0 Å². The van der Waals surface area contributed by atoms with Crippen molar-refractivity contribution in [3.8, 4) is 17.1 Å². The molecule has 0 aliphatic carbocycles. The summed E-state index contributed by atoms with van der Waals surface area (Å²) in [5.41, 5.74) is 2.07. The number of hydrogen-bond acceptors (Lipinski definition) is 4. The first kappa shape index (κ1) is 26.5. The SMILES string of the molecule is COc1nc(-c2ccccc2F)ccc1[C@@H](c1ccccc1)[C@@](O)(CCN(C)C)c1cccc2ccccc12. The lowest BCUT2D eigenvalue weighted by molar-refractivity contribution is 0.00516. The van der Waals surface area contributed by atoms with Gasteiger partial charge in [0.25, 0.3) is 0 Å². The number of fused-ring (bicyclic) bond motifs is 1. The maximum Gasteiger partial charge on any atom is 0.217 e. The molecule has 4 aromatic carbocycles. The van der Waals surface area contributed by atoms with E-state index in [0.29, 0.717) is 30.1 Å². The molecule has 0 radical (unpaired) electrons. The molecule has 1 N–H and O–H groups in total. The summed E-state index contributed by atoms with van der Waals surface area (Å²) in [5, 5.41) is 15.0. The molecule has 1 aromatic heterocycles. The summed E-state index contributed by atoms with van der Waals surface area (Å²) in [5.74, 6) is -0.507. The standard InChI is InChI=1S/C34H33FN2O2/c1-37(2)23-22-34(38,29-18-11-15-24-12-7-8-16-26(24)29)32(25-13-5-4-6-14-25)28-20-21-31(36-33(28)39-3)27-17-9-10-19-30(27)35/h4-21,32,38H,22-23H2,1-3H3/t32-,34-/m1/s1. The summed E-state index contributed by atoms with van der Waals surface area (Å²) in [6.45, 7) is 0.659. The third-order valence-electron chi connectivity index (χ3n) is 7.35. The van der Waals surface area contributed by atoms with Gasteiger partial charge >= 0.3 is 0 Å². The molecule has 198 valence electrons. The summed E-state index contributed by atoms with van der Waals surface area (Å²) in [4.78, 5) is 6.83. The number of halogens is 1. The highest BCUT2D eigenvalue weighted by molar-refractivity contribution is 5.86. The number of methoxy groups -OCH3 is 1. The minimum absolute atomic E-state index is 0.349. The van der Waals surface area contributed by atoms with Gasteiger partial charge in [-0.15, -0.1) is 0 Å². The molecule has 0 saturated heterocycles. The zero-order valence-electron chi connectivity index (χ0n) is 22.5. The van der Waals surface area contributed by atoms with Crippen LogP contribution in [0.15, 0.2) is 109 Å². The molecule has 5 heteroatoms. The fourth-order valence-corrected chi connectivity index (χ4v) is 5.44. The van der Waals surface area contributed by atoms with Gasteiger partial charge in [-0.2, -0.15) is 0 Å². The molecule has 2 atom stereocenters. The van der Waals surface area contributed by atoms with Gasteiger partial charge in [0.2, 0.25) is 5.88 Å². The van der Waals surface area contributed by atoms with Crippen LogP contribution >= 0.6 is 0 Å². The van der Waals surface area contributed by atoms with E-state index in [2.05, 4.69) is 23.1 Å². The Kier molecular flexibility index (Phi) is 7.73. The molecule has 1 heterocycles. The topological polar surface area (TPSA) is 45.6 Å². The molecule has 0 fully saturated rings. The van der Waals surface area contributed by atoms with E-state index in [4.69, 9.17) is 9.72 Å². The second kappa shape index (κ2) is 11.4. The van der Waals surface area contributed by atoms with E-state index < -0.39 is 11.5 Å². The summed E-state index contributed by atoms with van der Waals surface area (Å²) in [7, 11) is 5.58. The van der Waals surface area contributed by atoms with Crippen molar-refractivity contribution in [1.29, 1.82) is 0 Å². The molecule has 4 nitrogen and oxygen atoms in total. The largest absolute Gasteiger partial charge is 0.481 e. The number of benzene rings is 4. The first-order chi connectivity index (χ1) is 18.9. The summed E-state index contributed by atoms with van der Waals surface area (Å²) >= 11 is 0. The van der Waals surface area contributed by atoms with E-state index in [1.54, 1.807) is 25.3 Å². The van der Waals surface area contributed by atoms with Gasteiger partial charge in [-0.3, -0.25) is 0 Å². The maximum absolute atomic E-state index is 14.6. The number of nitrogens with zero attached hydrogens (tertiary/aromatic N) is 2. The van der Waals surface area contributed by atoms with Gasteiger partial charge < -0.3 is 14.7 Å². The predicted octanol–water partition coefficient (Wildman–Crippen LogP) is 7.02. The lowest BCUT2D eigenvalue weighted by Gasteiger charge is -2.39. The Labute approximate surface area is 229 Å². The van der Waals surface area contributed by atoms with Gasteiger partial charge in [0, 0.05) is 23.6 Å². The van der Waals surface area contributed by atoms with E-state index in [1.807, 2.05) is 80.8 Å². The Morgan fingerprint density at radius 3 is 2.28 bits per heavy atom. The molecule has 0 bridgehead atoms. The normalized spacial score (nSPS) is 13.8. The fourth-order valence-electron chi connectivity index (χ4n) is 5.44. The second-order valence-electron chi connectivity index (χ2n) is 10.1. The van der Waals surface area contributed by atoms with Crippen molar-refractivity contribution >= 4 is 10.8 Å². The average molecular weight is 521 g/mol. The minimum atomic E-state index is -1.32. The molecule has 39 heavy (non-hydrogen) atoms. The molecule has 5 aromatic rings. The van der Waals surface area contributed by atoms with Crippen LogP contribution in [-0.4, -0.2) is 42.7 Å². The molecular formula is C34H33FN2O2. The van der Waals surface area contributed by atoms with Crippen molar-refractivity contribution < 1.29 is 14.2 Å². The third-order valence-corrected chi connectivity index (χ3v) is 7.35. The van der Waals surface area contributed by atoms with Crippen LogP contribution in [0, 0.1) is 5.82 Å². The Bertz CT molecular complexity index is 1570. The summed E-state index contributed by atoms with van der Waals surface area (Å²) in [6, 6.07) is 34.5. The average Bonchev–Trinajstić information content (AvgIpc) is 2.97. The molecule has 0 aliphatic rings. The third kappa shape index (κ3) is 5.29. The van der Waals surface area contributed by atoms with Crippen LogP contribution in [0.25, 0.3) is 22.0 Å². The number of ether oxygens (including phenoxy) is 1. The minimum Gasteiger partial charge on any atom is -0.481 e. The van der Waals surface area contributed by atoms with E-state index in [1.165, 1.54) is 6.07 Å². The fraction of sp³-hybridized carbons (Fsp3) is 0.206. The van der Waals surface area contributed by atoms with Gasteiger partial charge in [0.1, 0.15) is 11.4 Å². The summed E-state index contributed by atoms with van der Waals surface area (Å²) < 4.78 is 20.5. The number of rotatable bonds is 9. The van der Waals surface area contributed by atoms with Crippen molar-refractivity contribution in [2.45, 2.75) is 17.9 Å². The highest BCUT2D eigenvalue weighted by Gasteiger charge is 2.43. The van der Waals surface area contributed by atoms with E-state index in [0.717, 1.165) is 27.5 Å². The lowest BCUT2D eigenvalue weighted by atomic mass is 9.70. The number of aromatic nitrogens is 1. The van der Waals surface area contributed by atoms with Crippen molar-refractivity contribution in [3.05, 3.63) is 132 Å². The Balaban J connectivity index is 1.77. The van der Waals surface area contributed by atoms with Gasteiger partial charge in [0.05, 0.1) is 12.8 Å². The van der Waals surface area contributed by atoms with E-state index in [-0.39, 0.29) is 5.82 Å². The number of aliphatic hydroxyl groups is 1. The van der Waals surface area contributed by atoms with Crippen LogP contribution < -0.4 is 4.74 Å². The quantitative estimate of drug-likeness (QED) is 0.227. The zero-order chi connectivity index (χ0) is 27.4. The van der Waals surface area contributed by atoms with Crippen molar-refractivity contribution in [2.75, 3.05) is 27.7 Å². The molecule has 0 spiro atoms. The van der Waals surface area contributed by atoms with Crippen LogP contribution in [0.1, 0.15) is 29.0 Å². The molecule has 5 rings (SSSR count). The van der Waals surface area contributed by atoms with Crippen LogP contribution in [-0.2, 0) is 5.60 Å². The molecule has 0 aliphatic heterocycles. The van der Waals surface area contributed by atoms with Gasteiger partial charge in [-0.25, -0.2) is 9.37 Å². The Hall–Kier alpha value is -4.06. The first-order valence-electron chi connectivity index (χ1n) is 13.1. The van der Waals surface area contributed by atoms with Crippen LogP contribution in [0.5, 0.6) is 5.88 Å². The molecular weight excluding hydrogens is 487 g/mol. The lowest BCUT2D eigenvalue weighted by Crippen LogP contribution is -2.38. The van der Waals surface area contributed by atoms with Gasteiger partial charge in [-0.1, -0.05) is 91.0 Å². The van der Waals surface area contributed by atoms with Crippen molar-refractivity contribution in [2.24, 2.45) is 0 Å². The first-order valence-corrected chi connectivity index (χ1v) is 13.1. The van der Waals surface area contributed by atoms with E-state index >= 15 is 0 Å². The maximum atomic E-state index is 14.6. The highest BCUT2D eigenvalue weighted by atomic mass is 19.1.